The van der Waals surface area contributed by atoms with Gasteiger partial charge in [0.2, 0.25) is 0 Å². The van der Waals surface area contributed by atoms with Gasteiger partial charge in [0.1, 0.15) is 6.04 Å². The number of carboxylic acid groups (broad SMARTS) is 1. The molecule has 4 nitrogen and oxygen atoms in total. The van der Waals surface area contributed by atoms with Crippen molar-refractivity contribution in [3.63, 3.8) is 0 Å². The van der Waals surface area contributed by atoms with E-state index in [-0.39, 0.29) is 25.9 Å². The van der Waals surface area contributed by atoms with Crippen molar-refractivity contribution in [2.75, 3.05) is 13.1 Å². The van der Waals surface area contributed by atoms with Crippen LogP contribution < -0.4 is 0 Å². The third-order valence-electron chi connectivity index (χ3n) is 2.69. The number of alkyl halides is 3. The van der Waals surface area contributed by atoms with Gasteiger partial charge in [0.05, 0.1) is 12.5 Å². The number of halogens is 3. The number of aliphatic hydroxyl groups is 1. The molecule has 0 aliphatic carbocycles. The number of hydrogen-bond donors (Lipinski definition) is 2. The van der Waals surface area contributed by atoms with E-state index in [9.17, 15) is 18.0 Å². The molecule has 0 spiro atoms. The second kappa shape index (κ2) is 5.01. The predicted octanol–water partition coefficient (Wildman–Crippen LogP) is 0.849. The van der Waals surface area contributed by atoms with Gasteiger partial charge in [-0.05, 0) is 12.8 Å². The highest BCUT2D eigenvalue weighted by Gasteiger charge is 2.45. The molecule has 2 N–H and O–H groups in total. The normalized spacial score (nSPS) is 22.0. The number of carbonyl (C=O) groups is 1. The maximum absolute atomic E-state index is 12.6. The highest BCUT2D eigenvalue weighted by molar-refractivity contribution is 5.67. The molecule has 0 amide bonds. The number of aliphatic carboxylic acids is 1. The van der Waals surface area contributed by atoms with E-state index >= 15 is 0 Å². The minimum atomic E-state index is -4.54. The first-order valence-electron chi connectivity index (χ1n) is 5.01. The second-order valence-electron chi connectivity index (χ2n) is 3.92. The van der Waals surface area contributed by atoms with E-state index in [0.29, 0.717) is 0 Å². The molecule has 7 heteroatoms. The second-order valence-corrected chi connectivity index (χ2v) is 3.92. The van der Waals surface area contributed by atoms with Crippen molar-refractivity contribution in [3.8, 4) is 0 Å². The van der Waals surface area contributed by atoms with Crippen molar-refractivity contribution in [3.05, 3.63) is 0 Å². The Morgan fingerprint density at radius 2 is 1.88 bits per heavy atom. The van der Waals surface area contributed by atoms with Crippen LogP contribution in [0, 0.1) is 0 Å². The van der Waals surface area contributed by atoms with Gasteiger partial charge in [0.15, 0.2) is 0 Å². The Morgan fingerprint density at radius 1 is 1.38 bits per heavy atom. The molecule has 0 bridgehead atoms. The number of piperidine rings is 1. The topological polar surface area (TPSA) is 60.8 Å². The van der Waals surface area contributed by atoms with Gasteiger partial charge in [-0.1, -0.05) is 0 Å². The van der Waals surface area contributed by atoms with Gasteiger partial charge in [-0.25, -0.2) is 0 Å². The molecule has 1 saturated heterocycles. The lowest BCUT2D eigenvalue weighted by molar-refractivity contribution is -0.194. The summed E-state index contributed by atoms with van der Waals surface area (Å²) >= 11 is 0. The third-order valence-corrected chi connectivity index (χ3v) is 2.69. The van der Waals surface area contributed by atoms with Gasteiger partial charge < -0.3 is 10.2 Å². The summed E-state index contributed by atoms with van der Waals surface area (Å²) in [6.45, 7) is 0.164. The standard InChI is InChI=1S/C9H14F3NO3/c10-9(11,12)7(5-8(15)16)13-3-1-6(14)2-4-13/h6-7,14H,1-5H2,(H,15,16). The Labute approximate surface area is 90.7 Å². The van der Waals surface area contributed by atoms with E-state index in [1.165, 1.54) is 0 Å². The smallest absolute Gasteiger partial charge is 0.404 e. The molecule has 1 atom stereocenters. The lowest BCUT2D eigenvalue weighted by atomic mass is 10.0. The fourth-order valence-corrected chi connectivity index (χ4v) is 1.81. The van der Waals surface area contributed by atoms with E-state index in [1.807, 2.05) is 0 Å². The van der Waals surface area contributed by atoms with Gasteiger partial charge in [-0.3, -0.25) is 9.69 Å². The number of likely N-dealkylation sites (tertiary alicyclic amines) is 1. The molecule has 0 radical (unpaired) electrons. The number of hydrogen-bond acceptors (Lipinski definition) is 3. The maximum atomic E-state index is 12.6. The summed E-state index contributed by atoms with van der Waals surface area (Å²) in [6.07, 6.45) is -5.55. The van der Waals surface area contributed by atoms with Gasteiger partial charge in [-0.15, -0.1) is 0 Å². The Kier molecular flexibility index (Phi) is 4.15. The first-order valence-corrected chi connectivity index (χ1v) is 5.01. The van der Waals surface area contributed by atoms with Gasteiger partial charge >= 0.3 is 12.1 Å². The van der Waals surface area contributed by atoms with E-state index in [0.717, 1.165) is 4.90 Å². The average molecular weight is 241 g/mol. The van der Waals surface area contributed by atoms with Crippen molar-refractivity contribution in [1.82, 2.24) is 4.90 Å². The van der Waals surface area contributed by atoms with Gasteiger partial charge in [-0.2, -0.15) is 13.2 Å². The van der Waals surface area contributed by atoms with Crippen LogP contribution in [-0.4, -0.2) is 52.5 Å². The number of rotatable bonds is 3. The van der Waals surface area contributed by atoms with Crippen molar-refractivity contribution in [1.29, 1.82) is 0 Å². The minimum absolute atomic E-state index is 0.0820. The van der Waals surface area contributed by atoms with Crippen LogP contribution in [-0.2, 0) is 4.79 Å². The Bertz CT molecular complexity index is 249. The first-order chi connectivity index (χ1) is 7.30. The van der Waals surface area contributed by atoms with Crippen molar-refractivity contribution in [2.45, 2.75) is 37.6 Å². The molecule has 0 aromatic rings. The molecule has 94 valence electrons. The van der Waals surface area contributed by atoms with Crippen LogP contribution >= 0.6 is 0 Å². The fraction of sp³-hybridized carbons (Fsp3) is 0.889. The number of carboxylic acids is 1. The Morgan fingerprint density at radius 3 is 2.25 bits per heavy atom. The monoisotopic (exact) mass is 241 g/mol. The summed E-state index contributed by atoms with van der Waals surface area (Å²) in [5.74, 6) is -1.46. The summed E-state index contributed by atoms with van der Waals surface area (Å²) in [6, 6.07) is -1.95. The molecular formula is C9H14F3NO3. The third kappa shape index (κ3) is 3.64. The van der Waals surface area contributed by atoms with Crippen LogP contribution in [0.1, 0.15) is 19.3 Å². The highest BCUT2D eigenvalue weighted by atomic mass is 19.4. The van der Waals surface area contributed by atoms with Crippen LogP contribution in [0.3, 0.4) is 0 Å². The molecule has 1 rings (SSSR count). The Balaban J connectivity index is 2.65. The van der Waals surface area contributed by atoms with Crippen LogP contribution in [0.25, 0.3) is 0 Å². The lowest BCUT2D eigenvalue weighted by Gasteiger charge is -2.36. The molecule has 1 heterocycles. The highest BCUT2D eigenvalue weighted by Crippen LogP contribution is 2.29. The van der Waals surface area contributed by atoms with Crippen LogP contribution in [0.5, 0.6) is 0 Å². The van der Waals surface area contributed by atoms with E-state index in [1.54, 1.807) is 0 Å². The molecule has 0 aromatic heterocycles. The van der Waals surface area contributed by atoms with Crippen molar-refractivity contribution >= 4 is 5.97 Å². The zero-order valence-corrected chi connectivity index (χ0v) is 8.57. The van der Waals surface area contributed by atoms with Gasteiger partial charge in [0, 0.05) is 13.1 Å². The molecule has 1 unspecified atom stereocenters. The van der Waals surface area contributed by atoms with Crippen LogP contribution in [0.4, 0.5) is 13.2 Å². The molecule has 16 heavy (non-hydrogen) atoms. The molecule has 1 fully saturated rings. The Hall–Kier alpha value is -0.820. The van der Waals surface area contributed by atoms with Crippen LogP contribution in [0.15, 0.2) is 0 Å². The largest absolute Gasteiger partial charge is 0.481 e. The first kappa shape index (κ1) is 13.2. The fourth-order valence-electron chi connectivity index (χ4n) is 1.81. The summed E-state index contributed by atoms with van der Waals surface area (Å²) in [5.41, 5.74) is 0. The van der Waals surface area contributed by atoms with Crippen molar-refractivity contribution in [2.24, 2.45) is 0 Å². The number of aliphatic hydroxyl groups excluding tert-OH is 1. The lowest BCUT2D eigenvalue weighted by Crippen LogP contribution is -2.50. The zero-order chi connectivity index (χ0) is 12.3. The predicted molar refractivity (Wildman–Crippen MR) is 48.9 cm³/mol. The quantitative estimate of drug-likeness (QED) is 0.769. The van der Waals surface area contributed by atoms with E-state index in [4.69, 9.17) is 10.2 Å². The SMILES string of the molecule is O=C(O)CC(N1CCC(O)CC1)C(F)(F)F. The molecule has 1 aliphatic rings. The van der Waals surface area contributed by atoms with E-state index in [2.05, 4.69) is 0 Å². The summed E-state index contributed by atoms with van der Waals surface area (Å²) in [4.78, 5) is 11.5. The summed E-state index contributed by atoms with van der Waals surface area (Å²) in [5, 5.41) is 17.6. The summed E-state index contributed by atoms with van der Waals surface area (Å²) in [7, 11) is 0. The molecular weight excluding hydrogens is 227 g/mol. The van der Waals surface area contributed by atoms with Gasteiger partial charge in [0.25, 0.3) is 0 Å². The number of nitrogens with zero attached hydrogens (tertiary/aromatic N) is 1. The minimum Gasteiger partial charge on any atom is -0.481 e. The van der Waals surface area contributed by atoms with E-state index < -0.39 is 30.7 Å². The maximum Gasteiger partial charge on any atom is 0.404 e. The molecule has 0 aromatic carbocycles. The zero-order valence-electron chi connectivity index (χ0n) is 8.57. The molecule has 1 aliphatic heterocycles. The average Bonchev–Trinajstić information content (AvgIpc) is 2.14. The summed E-state index contributed by atoms with van der Waals surface area (Å²) < 4.78 is 37.8. The van der Waals surface area contributed by atoms with Crippen LogP contribution in [0.2, 0.25) is 0 Å². The molecule has 0 saturated carbocycles. The van der Waals surface area contributed by atoms with Crippen molar-refractivity contribution < 1.29 is 28.2 Å².